The highest BCUT2D eigenvalue weighted by atomic mass is 32.2. The summed E-state index contributed by atoms with van der Waals surface area (Å²) >= 11 is 0. The van der Waals surface area contributed by atoms with Gasteiger partial charge in [0.2, 0.25) is 15.9 Å². The van der Waals surface area contributed by atoms with Crippen LogP contribution in [0.5, 0.6) is 11.5 Å². The average molecular weight is 477 g/mol. The van der Waals surface area contributed by atoms with Crippen LogP contribution in [0, 0.1) is 13.8 Å². The van der Waals surface area contributed by atoms with E-state index in [0.29, 0.717) is 57.2 Å². The summed E-state index contributed by atoms with van der Waals surface area (Å²) in [7, 11) is -2.09. The zero-order valence-corrected chi connectivity index (χ0v) is 20.2. The third kappa shape index (κ3) is 6.93. The molecule has 2 aromatic carbocycles. The predicted molar refractivity (Wildman–Crippen MR) is 125 cm³/mol. The molecule has 0 atom stereocenters. The number of hydrogen-bond donors (Lipinski definition) is 1. The summed E-state index contributed by atoms with van der Waals surface area (Å²) in [6, 6.07) is 10.8. The fraction of sp³-hybridized carbons (Fsp3) is 0.458. The molecule has 0 aromatic heterocycles. The van der Waals surface area contributed by atoms with Crippen LogP contribution < -0.4 is 14.8 Å². The molecule has 3 rings (SSSR count). The topological polar surface area (TPSA) is 94.2 Å². The molecule has 0 spiro atoms. The van der Waals surface area contributed by atoms with E-state index in [0.717, 1.165) is 16.9 Å². The first kappa shape index (κ1) is 25.0. The van der Waals surface area contributed by atoms with Gasteiger partial charge < -0.3 is 19.5 Å². The number of amides is 1. The van der Waals surface area contributed by atoms with E-state index < -0.39 is 10.0 Å². The van der Waals surface area contributed by atoms with Crippen molar-refractivity contribution in [1.82, 2.24) is 9.62 Å². The Kier molecular flexibility index (Phi) is 8.71. The molecule has 1 saturated heterocycles. The minimum atomic E-state index is -3.62. The molecular formula is C24H32N2O6S. The highest BCUT2D eigenvalue weighted by Gasteiger charge is 2.27. The van der Waals surface area contributed by atoms with Gasteiger partial charge in [-0.3, -0.25) is 4.79 Å². The molecule has 0 aliphatic carbocycles. The van der Waals surface area contributed by atoms with Crippen molar-refractivity contribution in [1.29, 1.82) is 0 Å². The van der Waals surface area contributed by atoms with Crippen LogP contribution in [-0.4, -0.2) is 65.2 Å². The fourth-order valence-corrected chi connectivity index (χ4v) is 5.22. The minimum absolute atomic E-state index is 0.137. The van der Waals surface area contributed by atoms with E-state index in [2.05, 4.69) is 11.4 Å². The van der Waals surface area contributed by atoms with Crippen LogP contribution in [0.3, 0.4) is 0 Å². The van der Waals surface area contributed by atoms with Gasteiger partial charge in [0.15, 0.2) is 0 Å². The first-order chi connectivity index (χ1) is 15.8. The van der Waals surface area contributed by atoms with E-state index in [4.69, 9.17) is 14.2 Å². The van der Waals surface area contributed by atoms with Gasteiger partial charge in [0.05, 0.1) is 31.8 Å². The largest absolute Gasteiger partial charge is 0.496 e. The molecule has 33 heavy (non-hydrogen) atoms. The van der Waals surface area contributed by atoms with Gasteiger partial charge in [0.25, 0.3) is 0 Å². The lowest BCUT2D eigenvalue weighted by atomic mass is 10.1. The number of rotatable bonds is 10. The number of sulfonamides is 1. The van der Waals surface area contributed by atoms with Gasteiger partial charge in [0, 0.05) is 19.5 Å². The molecule has 9 heteroatoms. The summed E-state index contributed by atoms with van der Waals surface area (Å²) in [6.07, 6.45) is 0.570. The Morgan fingerprint density at radius 3 is 2.45 bits per heavy atom. The number of carbonyl (C=O) groups is 1. The van der Waals surface area contributed by atoms with Crippen molar-refractivity contribution >= 4 is 15.9 Å². The second-order valence-electron chi connectivity index (χ2n) is 8.01. The number of benzene rings is 2. The lowest BCUT2D eigenvalue weighted by molar-refractivity contribution is -0.121. The number of nitrogens with one attached hydrogen (secondary N) is 1. The van der Waals surface area contributed by atoms with Gasteiger partial charge in [0.1, 0.15) is 18.1 Å². The number of morpholine rings is 1. The molecule has 0 bridgehead atoms. The molecule has 0 unspecified atom stereocenters. The Morgan fingerprint density at radius 1 is 1.09 bits per heavy atom. The van der Waals surface area contributed by atoms with Gasteiger partial charge in [-0.15, -0.1) is 0 Å². The minimum Gasteiger partial charge on any atom is -0.496 e. The van der Waals surface area contributed by atoms with Crippen molar-refractivity contribution in [2.45, 2.75) is 31.6 Å². The second-order valence-corrected chi connectivity index (χ2v) is 9.95. The molecule has 8 nitrogen and oxygen atoms in total. The summed E-state index contributed by atoms with van der Waals surface area (Å²) in [5.74, 6) is 1.20. The Morgan fingerprint density at radius 2 is 1.79 bits per heavy atom. The number of nitrogens with zero attached hydrogens (tertiary/aromatic N) is 1. The number of hydrogen-bond acceptors (Lipinski definition) is 6. The van der Waals surface area contributed by atoms with Crippen LogP contribution >= 0.6 is 0 Å². The zero-order chi connectivity index (χ0) is 23.8. The van der Waals surface area contributed by atoms with E-state index in [9.17, 15) is 13.2 Å². The zero-order valence-electron chi connectivity index (χ0n) is 19.4. The first-order valence-electron chi connectivity index (χ1n) is 11.0. The Balaban J connectivity index is 1.54. The quantitative estimate of drug-likeness (QED) is 0.530. The SMILES string of the molecule is COc1ccc(S(=O)(=O)N2CCOCC2)cc1CCC(=O)NCCOc1cc(C)cc(C)c1. The van der Waals surface area contributed by atoms with Crippen LogP contribution in [0.2, 0.25) is 0 Å². The molecule has 1 N–H and O–H groups in total. The molecule has 2 aromatic rings. The lowest BCUT2D eigenvalue weighted by Gasteiger charge is -2.26. The summed E-state index contributed by atoms with van der Waals surface area (Å²) in [4.78, 5) is 12.5. The van der Waals surface area contributed by atoms with E-state index in [1.165, 1.54) is 17.5 Å². The summed E-state index contributed by atoms with van der Waals surface area (Å²) in [5, 5.41) is 2.84. The van der Waals surface area contributed by atoms with E-state index >= 15 is 0 Å². The lowest BCUT2D eigenvalue weighted by Crippen LogP contribution is -2.40. The van der Waals surface area contributed by atoms with Crippen molar-refractivity contribution in [2.75, 3.05) is 46.6 Å². The van der Waals surface area contributed by atoms with Gasteiger partial charge >= 0.3 is 0 Å². The average Bonchev–Trinajstić information content (AvgIpc) is 2.80. The van der Waals surface area contributed by atoms with Gasteiger partial charge in [-0.1, -0.05) is 6.07 Å². The van der Waals surface area contributed by atoms with Crippen molar-refractivity contribution in [3.63, 3.8) is 0 Å². The van der Waals surface area contributed by atoms with E-state index in [-0.39, 0.29) is 17.2 Å². The predicted octanol–water partition coefficient (Wildman–Crippen LogP) is 2.46. The van der Waals surface area contributed by atoms with Crippen LogP contribution in [0.4, 0.5) is 0 Å². The standard InChI is InChI=1S/C24H32N2O6S/c1-18-14-19(2)16-21(15-18)32-11-8-25-24(27)7-4-20-17-22(5-6-23(20)30-3)33(28,29)26-9-12-31-13-10-26/h5-6,14-17H,4,7-13H2,1-3H3,(H,25,27). The van der Waals surface area contributed by atoms with Crippen LogP contribution in [0.1, 0.15) is 23.1 Å². The number of ether oxygens (including phenoxy) is 3. The molecular weight excluding hydrogens is 444 g/mol. The van der Waals surface area contributed by atoms with Crippen molar-refractivity contribution in [2.24, 2.45) is 0 Å². The third-order valence-electron chi connectivity index (χ3n) is 5.37. The van der Waals surface area contributed by atoms with Crippen molar-refractivity contribution in [3.8, 4) is 11.5 Å². The fourth-order valence-electron chi connectivity index (χ4n) is 3.76. The normalized spacial score (nSPS) is 14.6. The Hall–Kier alpha value is -2.62. The maximum absolute atomic E-state index is 12.9. The van der Waals surface area contributed by atoms with E-state index in [1.54, 1.807) is 12.1 Å². The highest BCUT2D eigenvalue weighted by molar-refractivity contribution is 7.89. The maximum atomic E-state index is 12.9. The highest BCUT2D eigenvalue weighted by Crippen LogP contribution is 2.26. The second kappa shape index (κ2) is 11.5. The Labute approximate surface area is 195 Å². The number of aryl methyl sites for hydroxylation is 3. The van der Waals surface area contributed by atoms with Crippen LogP contribution in [0.25, 0.3) is 0 Å². The first-order valence-corrected chi connectivity index (χ1v) is 12.5. The van der Waals surface area contributed by atoms with Crippen LogP contribution in [-0.2, 0) is 26.0 Å². The Bertz CT molecular complexity index is 1040. The number of methoxy groups -OCH3 is 1. The van der Waals surface area contributed by atoms with Gasteiger partial charge in [-0.2, -0.15) is 4.31 Å². The molecule has 1 fully saturated rings. The number of carbonyl (C=O) groups excluding carboxylic acids is 1. The molecule has 1 amide bonds. The molecule has 180 valence electrons. The summed E-state index contributed by atoms with van der Waals surface area (Å²) in [5.41, 5.74) is 2.93. The van der Waals surface area contributed by atoms with Crippen molar-refractivity contribution < 1.29 is 27.4 Å². The molecule has 1 aliphatic rings. The summed E-state index contributed by atoms with van der Waals surface area (Å²) in [6.45, 7) is 6.20. The van der Waals surface area contributed by atoms with Crippen molar-refractivity contribution in [3.05, 3.63) is 53.1 Å². The van der Waals surface area contributed by atoms with Gasteiger partial charge in [-0.05, 0) is 67.3 Å². The molecule has 0 radical (unpaired) electrons. The van der Waals surface area contributed by atoms with E-state index in [1.807, 2.05) is 26.0 Å². The van der Waals surface area contributed by atoms with Gasteiger partial charge in [-0.25, -0.2) is 8.42 Å². The third-order valence-corrected chi connectivity index (χ3v) is 7.26. The molecule has 1 aliphatic heterocycles. The maximum Gasteiger partial charge on any atom is 0.243 e. The molecule has 0 saturated carbocycles. The summed E-state index contributed by atoms with van der Waals surface area (Å²) < 4.78 is 43.7. The molecule has 1 heterocycles. The monoisotopic (exact) mass is 476 g/mol. The smallest absolute Gasteiger partial charge is 0.243 e. The van der Waals surface area contributed by atoms with Crippen LogP contribution in [0.15, 0.2) is 41.3 Å².